The Morgan fingerprint density at radius 2 is 1.96 bits per heavy atom. The van der Waals surface area contributed by atoms with Gasteiger partial charge in [-0.25, -0.2) is 9.48 Å². The number of amides is 2. The van der Waals surface area contributed by atoms with Gasteiger partial charge in [0.15, 0.2) is 5.69 Å². The van der Waals surface area contributed by atoms with Gasteiger partial charge in [0.05, 0.1) is 5.69 Å². The molecule has 1 aromatic heterocycles. The standard InChI is InChI=1S/C19H22N4O4/c1-13(24)22-8-5-15(6-9-22)18(25)20-12-14-3-2-4-16(11-14)23-10-7-17(21-23)19(26)27/h2-4,7,10-11,15H,5-6,8-9,12H2,1H3,(H,20,25)(H,26,27). The Hall–Kier alpha value is -3.16. The van der Waals surface area contributed by atoms with Crippen molar-refractivity contribution in [1.82, 2.24) is 20.0 Å². The fourth-order valence-corrected chi connectivity index (χ4v) is 3.18. The highest BCUT2D eigenvalue weighted by molar-refractivity contribution is 5.85. The predicted molar refractivity (Wildman–Crippen MR) is 97.3 cm³/mol. The summed E-state index contributed by atoms with van der Waals surface area (Å²) in [7, 11) is 0. The van der Waals surface area contributed by atoms with Crippen molar-refractivity contribution in [3.63, 3.8) is 0 Å². The molecule has 1 aromatic carbocycles. The molecule has 1 aliphatic heterocycles. The normalized spacial score (nSPS) is 14.8. The van der Waals surface area contributed by atoms with Crippen molar-refractivity contribution in [2.45, 2.75) is 26.3 Å². The van der Waals surface area contributed by atoms with Crippen molar-refractivity contribution in [1.29, 1.82) is 0 Å². The van der Waals surface area contributed by atoms with Crippen LogP contribution in [0.5, 0.6) is 0 Å². The van der Waals surface area contributed by atoms with Crippen molar-refractivity contribution in [2.75, 3.05) is 13.1 Å². The molecular formula is C19H22N4O4. The van der Waals surface area contributed by atoms with Crippen LogP contribution in [-0.4, -0.2) is 50.7 Å². The number of aromatic nitrogens is 2. The maximum atomic E-state index is 12.4. The molecule has 142 valence electrons. The summed E-state index contributed by atoms with van der Waals surface area (Å²) in [5.41, 5.74) is 1.60. The number of carbonyl (C=O) groups excluding carboxylic acids is 2. The number of carboxylic acids is 1. The van der Waals surface area contributed by atoms with Crippen molar-refractivity contribution in [3.05, 3.63) is 47.8 Å². The minimum atomic E-state index is -1.08. The predicted octanol–water partition coefficient (Wildman–Crippen LogP) is 1.45. The van der Waals surface area contributed by atoms with E-state index in [9.17, 15) is 14.4 Å². The first kappa shape index (κ1) is 18.6. The van der Waals surface area contributed by atoms with Gasteiger partial charge in [0.2, 0.25) is 11.8 Å². The first-order chi connectivity index (χ1) is 12.9. The Bertz CT molecular complexity index is 853. The number of hydrogen-bond acceptors (Lipinski definition) is 4. The van der Waals surface area contributed by atoms with Gasteiger partial charge in [0.25, 0.3) is 0 Å². The highest BCUT2D eigenvalue weighted by Gasteiger charge is 2.25. The van der Waals surface area contributed by atoms with Crippen LogP contribution in [0.4, 0.5) is 0 Å². The fraction of sp³-hybridized carbons (Fsp3) is 0.368. The van der Waals surface area contributed by atoms with Crippen LogP contribution < -0.4 is 5.32 Å². The number of likely N-dealkylation sites (tertiary alicyclic amines) is 1. The molecule has 0 saturated carbocycles. The Morgan fingerprint density at radius 3 is 2.59 bits per heavy atom. The van der Waals surface area contributed by atoms with Crippen LogP contribution in [0.2, 0.25) is 0 Å². The molecule has 27 heavy (non-hydrogen) atoms. The van der Waals surface area contributed by atoms with Gasteiger partial charge in [-0.05, 0) is 36.6 Å². The summed E-state index contributed by atoms with van der Waals surface area (Å²) in [5.74, 6) is -1.10. The molecule has 0 radical (unpaired) electrons. The largest absolute Gasteiger partial charge is 0.476 e. The SMILES string of the molecule is CC(=O)N1CCC(C(=O)NCc2cccc(-n3ccc(C(=O)O)n3)c2)CC1. The minimum Gasteiger partial charge on any atom is -0.476 e. The average molecular weight is 370 g/mol. The molecule has 8 nitrogen and oxygen atoms in total. The molecule has 2 heterocycles. The summed E-state index contributed by atoms with van der Waals surface area (Å²) in [6.45, 7) is 3.17. The number of benzene rings is 1. The van der Waals surface area contributed by atoms with Gasteiger partial charge in [-0.15, -0.1) is 0 Å². The third kappa shape index (κ3) is 4.52. The lowest BCUT2D eigenvalue weighted by Crippen LogP contribution is -2.42. The number of nitrogens with one attached hydrogen (secondary N) is 1. The van der Waals surface area contributed by atoms with E-state index in [1.807, 2.05) is 24.3 Å². The summed E-state index contributed by atoms with van der Waals surface area (Å²) < 4.78 is 1.49. The Kier molecular flexibility index (Phi) is 5.54. The average Bonchev–Trinajstić information content (AvgIpc) is 3.17. The molecule has 2 amide bonds. The molecule has 0 aliphatic carbocycles. The van der Waals surface area contributed by atoms with Gasteiger partial charge in [-0.3, -0.25) is 9.59 Å². The molecular weight excluding hydrogens is 348 g/mol. The third-order valence-corrected chi connectivity index (χ3v) is 4.76. The van der Waals surface area contributed by atoms with Crippen molar-refractivity contribution in [3.8, 4) is 5.69 Å². The molecule has 3 rings (SSSR count). The Labute approximate surface area is 156 Å². The van der Waals surface area contributed by atoms with Gasteiger partial charge < -0.3 is 15.3 Å². The number of aromatic carboxylic acids is 1. The molecule has 0 bridgehead atoms. The van der Waals surface area contributed by atoms with Gasteiger partial charge in [-0.1, -0.05) is 12.1 Å². The molecule has 0 spiro atoms. The molecule has 0 unspecified atom stereocenters. The zero-order chi connectivity index (χ0) is 19.4. The van der Waals surface area contributed by atoms with Crippen LogP contribution in [0.1, 0.15) is 35.8 Å². The lowest BCUT2D eigenvalue weighted by Gasteiger charge is -2.30. The van der Waals surface area contributed by atoms with Crippen molar-refractivity contribution >= 4 is 17.8 Å². The van der Waals surface area contributed by atoms with Crippen molar-refractivity contribution < 1.29 is 19.5 Å². The molecule has 2 aromatic rings. The maximum Gasteiger partial charge on any atom is 0.356 e. The Balaban J connectivity index is 1.57. The smallest absolute Gasteiger partial charge is 0.356 e. The number of rotatable bonds is 5. The molecule has 0 atom stereocenters. The molecule has 2 N–H and O–H groups in total. The molecule has 1 aliphatic rings. The van der Waals surface area contributed by atoms with Gasteiger partial charge in [0.1, 0.15) is 0 Å². The molecule has 1 saturated heterocycles. The second kappa shape index (κ2) is 8.03. The summed E-state index contributed by atoms with van der Waals surface area (Å²) >= 11 is 0. The zero-order valence-electron chi connectivity index (χ0n) is 15.1. The van der Waals surface area contributed by atoms with Crippen LogP contribution in [-0.2, 0) is 16.1 Å². The lowest BCUT2D eigenvalue weighted by atomic mass is 9.96. The summed E-state index contributed by atoms with van der Waals surface area (Å²) in [5, 5.41) is 15.9. The van der Waals surface area contributed by atoms with Crippen LogP contribution in [0, 0.1) is 5.92 Å². The number of carboxylic acid groups (broad SMARTS) is 1. The first-order valence-electron chi connectivity index (χ1n) is 8.85. The van der Waals surface area contributed by atoms with Crippen LogP contribution in [0.3, 0.4) is 0 Å². The van der Waals surface area contributed by atoms with Crippen LogP contribution in [0.25, 0.3) is 5.69 Å². The second-order valence-electron chi connectivity index (χ2n) is 6.62. The van der Waals surface area contributed by atoms with E-state index in [0.717, 1.165) is 11.3 Å². The highest BCUT2D eigenvalue weighted by Crippen LogP contribution is 2.18. The van der Waals surface area contributed by atoms with E-state index in [1.165, 1.54) is 10.7 Å². The molecule has 1 fully saturated rings. The van der Waals surface area contributed by atoms with Gasteiger partial charge >= 0.3 is 5.97 Å². The monoisotopic (exact) mass is 370 g/mol. The van der Waals surface area contributed by atoms with E-state index in [4.69, 9.17) is 5.11 Å². The number of nitrogens with zero attached hydrogens (tertiary/aromatic N) is 3. The number of piperidine rings is 1. The minimum absolute atomic E-state index is 0.00384. The first-order valence-corrected chi connectivity index (χ1v) is 8.85. The molecule has 8 heteroatoms. The second-order valence-corrected chi connectivity index (χ2v) is 6.62. The van der Waals surface area contributed by atoms with Gasteiger partial charge in [-0.2, -0.15) is 5.10 Å². The van der Waals surface area contributed by atoms with E-state index >= 15 is 0 Å². The number of hydrogen-bond donors (Lipinski definition) is 2. The maximum absolute atomic E-state index is 12.4. The lowest BCUT2D eigenvalue weighted by molar-refractivity contribution is -0.134. The quantitative estimate of drug-likeness (QED) is 0.829. The zero-order valence-corrected chi connectivity index (χ0v) is 15.1. The van der Waals surface area contributed by atoms with Crippen LogP contribution in [0.15, 0.2) is 36.5 Å². The van der Waals surface area contributed by atoms with E-state index in [2.05, 4.69) is 10.4 Å². The van der Waals surface area contributed by atoms with E-state index < -0.39 is 5.97 Å². The third-order valence-electron chi connectivity index (χ3n) is 4.76. The summed E-state index contributed by atoms with van der Waals surface area (Å²) in [6, 6.07) is 8.84. The van der Waals surface area contributed by atoms with E-state index in [1.54, 1.807) is 18.0 Å². The van der Waals surface area contributed by atoms with Gasteiger partial charge in [0, 0.05) is 38.7 Å². The summed E-state index contributed by atoms with van der Waals surface area (Å²) in [4.78, 5) is 36.5. The topological polar surface area (TPSA) is 105 Å². The highest BCUT2D eigenvalue weighted by atomic mass is 16.4. The van der Waals surface area contributed by atoms with E-state index in [0.29, 0.717) is 32.5 Å². The van der Waals surface area contributed by atoms with Crippen molar-refractivity contribution in [2.24, 2.45) is 5.92 Å². The number of carbonyl (C=O) groups is 3. The Morgan fingerprint density at radius 1 is 1.22 bits per heavy atom. The summed E-state index contributed by atoms with van der Waals surface area (Å²) in [6.07, 6.45) is 2.94. The van der Waals surface area contributed by atoms with Crippen LogP contribution >= 0.6 is 0 Å². The fourth-order valence-electron chi connectivity index (χ4n) is 3.18. The van der Waals surface area contributed by atoms with E-state index in [-0.39, 0.29) is 23.4 Å².